The van der Waals surface area contributed by atoms with Crippen molar-refractivity contribution in [3.05, 3.63) is 77.6 Å². The normalized spacial score (nSPS) is 16.6. The van der Waals surface area contributed by atoms with Crippen LogP contribution in [0.15, 0.2) is 65.6 Å². The molecule has 8 nitrogen and oxygen atoms in total. The van der Waals surface area contributed by atoms with Crippen LogP contribution in [-0.4, -0.2) is 41.4 Å². The van der Waals surface area contributed by atoms with Gasteiger partial charge in [0.2, 0.25) is 10.0 Å². The van der Waals surface area contributed by atoms with Crippen molar-refractivity contribution >= 4 is 22.0 Å². The van der Waals surface area contributed by atoms with E-state index in [2.05, 4.69) is 0 Å². The summed E-state index contributed by atoms with van der Waals surface area (Å²) in [6.45, 7) is 0.852. The summed E-state index contributed by atoms with van der Waals surface area (Å²) in [6, 6.07) is 12.5. The van der Waals surface area contributed by atoms with Crippen LogP contribution in [0.4, 0.5) is 4.39 Å². The highest BCUT2D eigenvalue weighted by Gasteiger charge is 2.36. The van der Waals surface area contributed by atoms with E-state index in [0.717, 1.165) is 24.0 Å². The third-order valence-corrected chi connectivity index (χ3v) is 6.51. The molecule has 0 bridgehead atoms. The van der Waals surface area contributed by atoms with Gasteiger partial charge in [-0.15, -0.1) is 0 Å². The smallest absolute Gasteiger partial charge is 0.328 e. The van der Waals surface area contributed by atoms with E-state index in [4.69, 9.17) is 15.9 Å². The lowest BCUT2D eigenvalue weighted by Gasteiger charge is -2.24. The number of nitrogens with zero attached hydrogens (tertiary/aromatic N) is 1. The number of sulfonamides is 1. The number of benzene rings is 2. The summed E-state index contributed by atoms with van der Waals surface area (Å²) in [5.74, 6) is -2.83. The first-order valence-corrected chi connectivity index (χ1v) is 10.8. The highest BCUT2D eigenvalue weighted by molar-refractivity contribution is 7.89. The molecular weight excluding hydrogens is 427 g/mol. The molecule has 1 unspecified atom stereocenters. The molecule has 10 heteroatoms. The predicted molar refractivity (Wildman–Crippen MR) is 111 cm³/mol. The fourth-order valence-electron chi connectivity index (χ4n) is 3.12. The van der Waals surface area contributed by atoms with Gasteiger partial charge in [0.15, 0.2) is 0 Å². The van der Waals surface area contributed by atoms with E-state index in [1.54, 1.807) is 36.4 Å². The quantitative estimate of drug-likeness (QED) is 0.575. The van der Waals surface area contributed by atoms with Crippen LogP contribution in [-0.2, 0) is 26.2 Å². The molecule has 0 radical (unpaired) electrons. The Morgan fingerprint density at radius 2 is 1.58 bits per heavy atom. The van der Waals surface area contributed by atoms with Crippen molar-refractivity contribution in [3.63, 3.8) is 0 Å². The molecule has 2 aromatic rings. The van der Waals surface area contributed by atoms with E-state index in [9.17, 15) is 22.4 Å². The third kappa shape index (κ3) is 6.71. The number of hydrogen-bond acceptors (Lipinski definition) is 5. The molecule has 1 aliphatic heterocycles. The van der Waals surface area contributed by atoms with Crippen LogP contribution in [0.25, 0.3) is 0 Å². The molecule has 0 spiro atoms. The summed E-state index contributed by atoms with van der Waals surface area (Å²) in [6.07, 6.45) is 2.65. The van der Waals surface area contributed by atoms with Crippen molar-refractivity contribution in [2.45, 2.75) is 30.3 Å². The monoisotopic (exact) mass is 450 g/mol. The molecule has 166 valence electrons. The minimum absolute atomic E-state index is 0.241. The maximum absolute atomic E-state index is 13.1. The Kier molecular flexibility index (Phi) is 8.43. The second kappa shape index (κ2) is 10.8. The number of carbonyl (C=O) groups is 2. The summed E-state index contributed by atoms with van der Waals surface area (Å²) in [5, 5.41) is 15.6. The Bertz CT molecular complexity index is 1020. The molecule has 0 aliphatic carbocycles. The largest absolute Gasteiger partial charge is 0.478 e. The summed E-state index contributed by atoms with van der Waals surface area (Å²) >= 11 is 0. The van der Waals surface area contributed by atoms with Gasteiger partial charge in [0, 0.05) is 25.2 Å². The molecule has 3 rings (SSSR count). The molecule has 0 saturated carbocycles. The number of nitrogens with two attached hydrogens (primary N) is 1. The molecule has 2 aromatic carbocycles. The Balaban J connectivity index is 0.000000366. The molecule has 31 heavy (non-hydrogen) atoms. The minimum atomic E-state index is -3.57. The molecule has 0 aromatic heterocycles. The van der Waals surface area contributed by atoms with Crippen molar-refractivity contribution in [3.8, 4) is 0 Å². The summed E-state index contributed by atoms with van der Waals surface area (Å²) < 4.78 is 40.4. The van der Waals surface area contributed by atoms with E-state index in [0.29, 0.717) is 25.2 Å². The van der Waals surface area contributed by atoms with Gasteiger partial charge in [-0.1, -0.05) is 24.3 Å². The van der Waals surface area contributed by atoms with Crippen molar-refractivity contribution < 1.29 is 32.6 Å². The lowest BCUT2D eigenvalue weighted by atomic mass is 10.1. The second-order valence-corrected chi connectivity index (χ2v) is 8.57. The second-order valence-electron chi connectivity index (χ2n) is 6.68. The predicted octanol–water partition coefficient (Wildman–Crippen LogP) is 2.52. The number of carboxylic acid groups (broad SMARTS) is 2. The number of carboxylic acids is 2. The van der Waals surface area contributed by atoms with E-state index in [1.165, 1.54) is 16.4 Å². The van der Waals surface area contributed by atoms with Crippen LogP contribution in [0.5, 0.6) is 0 Å². The van der Waals surface area contributed by atoms with Crippen LogP contribution in [0, 0.1) is 5.82 Å². The van der Waals surface area contributed by atoms with Gasteiger partial charge in [-0.2, -0.15) is 4.31 Å². The summed E-state index contributed by atoms with van der Waals surface area (Å²) in [4.78, 5) is 19.4. The highest BCUT2D eigenvalue weighted by Crippen LogP contribution is 2.36. The van der Waals surface area contributed by atoms with Gasteiger partial charge in [0.1, 0.15) is 5.82 Å². The minimum Gasteiger partial charge on any atom is -0.478 e. The van der Waals surface area contributed by atoms with Crippen molar-refractivity contribution in [2.75, 3.05) is 6.54 Å². The highest BCUT2D eigenvalue weighted by atomic mass is 32.2. The van der Waals surface area contributed by atoms with E-state index in [1.807, 2.05) is 0 Å². The van der Waals surface area contributed by atoms with Gasteiger partial charge >= 0.3 is 11.9 Å². The topological polar surface area (TPSA) is 138 Å². The van der Waals surface area contributed by atoms with Gasteiger partial charge in [-0.25, -0.2) is 22.4 Å². The Morgan fingerprint density at radius 1 is 1.03 bits per heavy atom. The molecule has 1 fully saturated rings. The molecule has 1 atom stereocenters. The van der Waals surface area contributed by atoms with Gasteiger partial charge in [-0.3, -0.25) is 0 Å². The maximum atomic E-state index is 13.1. The van der Waals surface area contributed by atoms with Crippen LogP contribution in [0.2, 0.25) is 0 Å². The standard InChI is InChI=1S/C17H19FN2O2S.C4H4O4/c18-15-7-5-14(6-8-15)17-2-1-11-20(17)23(21,22)16-9-3-13(12-19)4-10-16;5-3(6)1-2-4(7)8/h3-10,17H,1-2,11-12,19H2;1-2H,(H,5,6)(H,7,8). The fraction of sp³-hybridized carbons (Fsp3) is 0.238. The lowest BCUT2D eigenvalue weighted by Crippen LogP contribution is -2.30. The molecule has 1 aliphatic rings. The van der Waals surface area contributed by atoms with Gasteiger partial charge in [0.05, 0.1) is 10.9 Å². The molecule has 1 saturated heterocycles. The van der Waals surface area contributed by atoms with Gasteiger partial charge in [0.25, 0.3) is 0 Å². The SMILES string of the molecule is NCc1ccc(S(=O)(=O)N2CCCC2c2ccc(F)cc2)cc1.O=C(O)C=CC(=O)O. The first-order valence-electron chi connectivity index (χ1n) is 9.35. The maximum Gasteiger partial charge on any atom is 0.328 e. The summed E-state index contributed by atoms with van der Waals surface area (Å²) in [7, 11) is -3.57. The van der Waals surface area contributed by atoms with Crippen molar-refractivity contribution in [1.29, 1.82) is 0 Å². The van der Waals surface area contributed by atoms with E-state index in [-0.39, 0.29) is 16.8 Å². The fourth-order valence-corrected chi connectivity index (χ4v) is 4.80. The van der Waals surface area contributed by atoms with Crippen LogP contribution < -0.4 is 5.73 Å². The van der Waals surface area contributed by atoms with Crippen LogP contribution in [0.3, 0.4) is 0 Å². The van der Waals surface area contributed by atoms with E-state index < -0.39 is 22.0 Å². The number of hydrogen-bond donors (Lipinski definition) is 3. The molecule has 4 N–H and O–H groups in total. The number of aliphatic carboxylic acids is 2. The molecular formula is C21H23FN2O6S. The Labute approximate surface area is 179 Å². The molecule has 1 heterocycles. The summed E-state index contributed by atoms with van der Waals surface area (Å²) in [5.41, 5.74) is 7.27. The molecule has 0 amide bonds. The zero-order valence-corrected chi connectivity index (χ0v) is 17.3. The first kappa shape index (κ1) is 24.2. The van der Waals surface area contributed by atoms with Crippen molar-refractivity contribution in [2.24, 2.45) is 5.73 Å². The number of rotatable bonds is 6. The zero-order valence-electron chi connectivity index (χ0n) is 16.5. The third-order valence-electron chi connectivity index (χ3n) is 4.59. The van der Waals surface area contributed by atoms with Crippen LogP contribution in [0.1, 0.15) is 30.0 Å². The average Bonchev–Trinajstić information content (AvgIpc) is 3.24. The van der Waals surface area contributed by atoms with Crippen LogP contribution >= 0.6 is 0 Å². The van der Waals surface area contributed by atoms with E-state index >= 15 is 0 Å². The zero-order chi connectivity index (χ0) is 23.0. The Morgan fingerprint density at radius 3 is 2.06 bits per heavy atom. The first-order chi connectivity index (χ1) is 14.6. The van der Waals surface area contributed by atoms with Crippen molar-refractivity contribution in [1.82, 2.24) is 4.31 Å². The lowest BCUT2D eigenvalue weighted by molar-refractivity contribution is -0.134. The Hall–Kier alpha value is -3.08. The van der Waals surface area contributed by atoms with Gasteiger partial charge in [-0.05, 0) is 48.2 Å². The van der Waals surface area contributed by atoms with Gasteiger partial charge < -0.3 is 15.9 Å². The number of halogens is 1. The average molecular weight is 450 g/mol.